The number of carbonyl (C=O) groups excluding carboxylic acids is 1. The third-order valence-electron chi connectivity index (χ3n) is 4.55. The van der Waals surface area contributed by atoms with E-state index in [1.54, 1.807) is 26.8 Å². The summed E-state index contributed by atoms with van der Waals surface area (Å²) in [5.41, 5.74) is 0.866. The number of aliphatic hydroxyl groups is 1. The highest BCUT2D eigenvalue weighted by Crippen LogP contribution is 2.25. The Labute approximate surface area is 158 Å². The third-order valence-corrected chi connectivity index (χ3v) is 4.55. The Morgan fingerprint density at radius 2 is 2.08 bits per heavy atom. The molecule has 0 bridgehead atoms. The Hall–Kier alpha value is -1.75. The number of rotatable bonds is 7. The Morgan fingerprint density at radius 3 is 2.77 bits per heavy atom. The number of alkyl carbamates (subject to hydrolysis) is 1. The highest BCUT2D eigenvalue weighted by molar-refractivity contribution is 5.67. The average Bonchev–Trinajstić information content (AvgIpc) is 2.59. The molecular weight excluding hydrogens is 328 g/mol. The normalized spacial score (nSPS) is 18.5. The lowest BCUT2D eigenvalue weighted by atomic mass is 9.89. The molecule has 146 valence electrons. The largest absolute Gasteiger partial charge is 0.444 e. The molecule has 0 saturated heterocycles. The number of benzene rings is 1. The fourth-order valence-electron chi connectivity index (χ4n) is 3.20. The van der Waals surface area contributed by atoms with Crippen LogP contribution >= 0.6 is 0 Å². The van der Waals surface area contributed by atoms with E-state index in [1.807, 2.05) is 18.2 Å². The van der Waals surface area contributed by atoms with Gasteiger partial charge in [-0.1, -0.05) is 31.4 Å². The van der Waals surface area contributed by atoms with Crippen LogP contribution in [0, 0.1) is 5.92 Å². The molecule has 1 saturated carbocycles. The molecule has 1 aliphatic rings. The molecule has 0 aliphatic heterocycles. The average molecular weight is 364 g/mol. The molecule has 1 amide bonds. The van der Waals surface area contributed by atoms with Crippen molar-refractivity contribution in [1.82, 2.24) is 5.32 Å². The van der Waals surface area contributed by atoms with Crippen molar-refractivity contribution in [2.75, 3.05) is 18.4 Å². The molecule has 26 heavy (non-hydrogen) atoms. The lowest BCUT2D eigenvalue weighted by Gasteiger charge is -2.22. The molecule has 2 rings (SSSR count). The van der Waals surface area contributed by atoms with Gasteiger partial charge < -0.3 is 20.5 Å². The Balaban J connectivity index is 1.84. The number of ether oxygens (including phenoxy) is 1. The number of hydrogen-bond acceptors (Lipinski definition) is 4. The lowest BCUT2D eigenvalue weighted by molar-refractivity contribution is 0.0518. The maximum Gasteiger partial charge on any atom is 0.407 e. The van der Waals surface area contributed by atoms with Crippen molar-refractivity contribution in [2.24, 2.45) is 5.92 Å². The van der Waals surface area contributed by atoms with E-state index in [2.05, 4.69) is 10.6 Å². The van der Waals surface area contributed by atoms with E-state index in [0.29, 0.717) is 11.5 Å². The first-order valence-corrected chi connectivity index (χ1v) is 9.69. The molecule has 1 atom stereocenters. The van der Waals surface area contributed by atoms with Gasteiger partial charge >= 0.3 is 6.09 Å². The van der Waals surface area contributed by atoms with Crippen LogP contribution in [0.4, 0.5) is 10.5 Å². The molecule has 1 fully saturated rings. The van der Waals surface area contributed by atoms with Crippen molar-refractivity contribution in [3.63, 3.8) is 0 Å². The van der Waals surface area contributed by atoms with Crippen molar-refractivity contribution in [2.45, 2.75) is 71.0 Å². The summed E-state index contributed by atoms with van der Waals surface area (Å²) in [5.74, 6) is 0.704. The summed E-state index contributed by atoms with van der Waals surface area (Å²) in [7, 11) is 0. The molecule has 3 N–H and O–H groups in total. The van der Waals surface area contributed by atoms with Gasteiger partial charge in [0, 0.05) is 18.8 Å². The summed E-state index contributed by atoms with van der Waals surface area (Å²) in [5, 5.41) is 16.6. The maximum absolute atomic E-state index is 11.7. The second-order valence-electron chi connectivity index (χ2n) is 8.09. The van der Waals surface area contributed by atoms with Crippen LogP contribution in [0.2, 0.25) is 0 Å². The number of anilines is 1. The highest BCUT2D eigenvalue weighted by atomic mass is 16.6. The quantitative estimate of drug-likeness (QED) is 0.661. The van der Waals surface area contributed by atoms with Gasteiger partial charge in [0.1, 0.15) is 5.60 Å². The summed E-state index contributed by atoms with van der Waals surface area (Å²) < 4.78 is 13.4. The molecule has 1 aromatic rings. The molecule has 0 heterocycles. The smallest absolute Gasteiger partial charge is 0.407 e. The first-order chi connectivity index (χ1) is 12.7. The minimum atomic E-state index is -1.77. The highest BCUT2D eigenvalue weighted by Gasteiger charge is 2.17. The summed E-state index contributed by atoms with van der Waals surface area (Å²) in [6.07, 6.45) is 4.27. The van der Waals surface area contributed by atoms with Crippen molar-refractivity contribution in [3.05, 3.63) is 29.8 Å². The van der Waals surface area contributed by atoms with E-state index in [0.717, 1.165) is 12.2 Å². The topological polar surface area (TPSA) is 70.6 Å². The van der Waals surface area contributed by atoms with Gasteiger partial charge in [-0.15, -0.1) is 0 Å². The SMILES string of the molecule is [2H]C(O)(CCNC(=O)OC(C)(C)C)c1cccc(NCC2CCCCC2)c1. The fourth-order valence-corrected chi connectivity index (χ4v) is 3.20. The zero-order valence-corrected chi connectivity index (χ0v) is 16.3. The van der Waals surface area contributed by atoms with Gasteiger partial charge in [-0.25, -0.2) is 4.79 Å². The van der Waals surface area contributed by atoms with E-state index in [1.165, 1.54) is 32.1 Å². The zero-order chi connectivity index (χ0) is 19.9. The van der Waals surface area contributed by atoms with Crippen molar-refractivity contribution >= 4 is 11.8 Å². The Kier molecular flexibility index (Phi) is 7.18. The Bertz CT molecular complexity index is 608. The number of carbonyl (C=O) groups is 1. The summed E-state index contributed by atoms with van der Waals surface area (Å²) in [6.45, 7) is 6.46. The van der Waals surface area contributed by atoms with E-state index < -0.39 is 17.8 Å². The van der Waals surface area contributed by atoms with Crippen LogP contribution in [-0.2, 0) is 4.74 Å². The summed E-state index contributed by atoms with van der Waals surface area (Å²) in [6, 6.07) is 7.37. The molecule has 1 aliphatic carbocycles. The van der Waals surface area contributed by atoms with Gasteiger partial charge in [-0.2, -0.15) is 0 Å². The van der Waals surface area contributed by atoms with Crippen molar-refractivity contribution in [3.8, 4) is 0 Å². The van der Waals surface area contributed by atoms with Crippen molar-refractivity contribution < 1.29 is 16.0 Å². The van der Waals surface area contributed by atoms with Crippen LogP contribution < -0.4 is 10.6 Å². The molecule has 1 unspecified atom stereocenters. The van der Waals surface area contributed by atoms with Gasteiger partial charge in [-0.3, -0.25) is 0 Å². The van der Waals surface area contributed by atoms with E-state index >= 15 is 0 Å². The molecule has 0 aromatic heterocycles. The minimum absolute atomic E-state index is 0.0817. The van der Waals surface area contributed by atoms with Crippen LogP contribution in [0.3, 0.4) is 0 Å². The van der Waals surface area contributed by atoms with Gasteiger partial charge in [0.05, 0.1) is 7.45 Å². The fraction of sp³-hybridized carbons (Fsp3) is 0.667. The van der Waals surface area contributed by atoms with Crippen molar-refractivity contribution in [1.29, 1.82) is 0 Å². The lowest BCUT2D eigenvalue weighted by Crippen LogP contribution is -2.33. The molecule has 0 spiro atoms. The minimum Gasteiger partial charge on any atom is -0.444 e. The standard InChI is InChI=1S/C21H34N2O3/c1-21(2,3)26-20(25)22-13-12-19(24)17-10-7-11-18(14-17)23-15-16-8-5-4-6-9-16/h7,10-11,14,16,19,23-24H,4-6,8-9,12-13,15H2,1-3H3,(H,22,25)/i19D. The molecule has 5 heteroatoms. The van der Waals surface area contributed by atoms with Gasteiger partial charge in [0.2, 0.25) is 0 Å². The van der Waals surface area contributed by atoms with Gasteiger partial charge in [-0.05, 0) is 63.6 Å². The molecule has 0 radical (unpaired) electrons. The predicted molar refractivity (Wildman–Crippen MR) is 105 cm³/mol. The van der Waals surface area contributed by atoms with Crippen LogP contribution in [-0.4, -0.2) is 29.9 Å². The number of hydrogen-bond donors (Lipinski definition) is 3. The van der Waals surface area contributed by atoms with E-state index in [4.69, 9.17) is 6.11 Å². The second-order valence-corrected chi connectivity index (χ2v) is 8.09. The summed E-state index contributed by atoms with van der Waals surface area (Å²) in [4.78, 5) is 11.7. The number of amides is 1. The van der Waals surface area contributed by atoms with E-state index in [9.17, 15) is 9.90 Å². The summed E-state index contributed by atoms with van der Waals surface area (Å²) >= 11 is 0. The zero-order valence-electron chi connectivity index (χ0n) is 17.3. The maximum atomic E-state index is 11.7. The molecule has 5 nitrogen and oxygen atoms in total. The Morgan fingerprint density at radius 1 is 1.35 bits per heavy atom. The predicted octanol–water partition coefficient (Wildman–Crippen LogP) is 4.63. The second kappa shape index (κ2) is 9.81. The van der Waals surface area contributed by atoms with Gasteiger partial charge in [0.15, 0.2) is 0 Å². The van der Waals surface area contributed by atoms with Crippen LogP contribution in [0.1, 0.15) is 72.3 Å². The van der Waals surface area contributed by atoms with Crippen LogP contribution in [0.5, 0.6) is 0 Å². The monoisotopic (exact) mass is 363 g/mol. The number of nitrogens with one attached hydrogen (secondary N) is 2. The first-order valence-electron chi connectivity index (χ1n) is 10.2. The van der Waals surface area contributed by atoms with E-state index in [-0.39, 0.29) is 13.0 Å². The molecule has 1 aromatic carbocycles. The van der Waals surface area contributed by atoms with Gasteiger partial charge in [0.25, 0.3) is 0 Å². The molecular formula is C21H34N2O3. The first kappa shape index (κ1) is 19.0. The van der Waals surface area contributed by atoms with Crippen LogP contribution in [0.15, 0.2) is 24.3 Å². The third kappa shape index (κ3) is 7.65. The van der Waals surface area contributed by atoms with Crippen LogP contribution in [0.25, 0.3) is 0 Å².